The predicted molar refractivity (Wildman–Crippen MR) is 96.9 cm³/mol. The molecular formula is C17H28N4OS. The number of carbonyl (C=O) groups excluding carboxylic acids is 1. The molecule has 2 rings (SSSR count). The van der Waals surface area contributed by atoms with Crippen molar-refractivity contribution >= 4 is 23.2 Å². The van der Waals surface area contributed by atoms with Gasteiger partial charge in [-0.1, -0.05) is 13.8 Å². The Morgan fingerprint density at radius 3 is 3.00 bits per heavy atom. The second kappa shape index (κ2) is 8.91. The first-order chi connectivity index (χ1) is 11.1. The van der Waals surface area contributed by atoms with Crippen LogP contribution in [0.4, 0.5) is 0 Å². The van der Waals surface area contributed by atoms with Gasteiger partial charge in [-0.15, -0.1) is 11.3 Å². The lowest BCUT2D eigenvalue weighted by Crippen LogP contribution is -2.45. The van der Waals surface area contributed by atoms with Gasteiger partial charge in [-0.05, 0) is 42.2 Å². The fourth-order valence-electron chi connectivity index (χ4n) is 2.67. The van der Waals surface area contributed by atoms with Crippen LogP contribution in [0.5, 0.6) is 0 Å². The summed E-state index contributed by atoms with van der Waals surface area (Å²) in [6.45, 7) is 7.18. The van der Waals surface area contributed by atoms with Crippen LogP contribution in [0, 0.1) is 5.92 Å². The van der Waals surface area contributed by atoms with Crippen LogP contribution >= 0.6 is 11.3 Å². The first-order valence-corrected chi connectivity index (χ1v) is 9.25. The molecule has 0 saturated carbocycles. The fraction of sp³-hybridized carbons (Fsp3) is 0.647. The van der Waals surface area contributed by atoms with Crippen LogP contribution in [0.15, 0.2) is 16.4 Å². The van der Waals surface area contributed by atoms with E-state index in [2.05, 4.69) is 40.9 Å². The zero-order valence-corrected chi connectivity index (χ0v) is 15.2. The van der Waals surface area contributed by atoms with Gasteiger partial charge >= 0.3 is 0 Å². The summed E-state index contributed by atoms with van der Waals surface area (Å²) >= 11 is 1.79. The predicted octanol–water partition coefficient (Wildman–Crippen LogP) is 2.23. The maximum absolute atomic E-state index is 12.4. The van der Waals surface area contributed by atoms with Crippen molar-refractivity contribution in [3.63, 3.8) is 0 Å². The smallest absolute Gasteiger partial charge is 0.242 e. The van der Waals surface area contributed by atoms with Crippen molar-refractivity contribution in [3.8, 4) is 0 Å². The number of fused-ring (bicyclic) bond motifs is 1. The normalized spacial score (nSPS) is 14.8. The van der Waals surface area contributed by atoms with Gasteiger partial charge in [0.1, 0.15) is 0 Å². The van der Waals surface area contributed by atoms with E-state index in [9.17, 15) is 4.79 Å². The summed E-state index contributed by atoms with van der Waals surface area (Å²) in [6.07, 6.45) is 3.28. The Bertz CT molecular complexity index is 538. The molecular weight excluding hydrogens is 308 g/mol. The van der Waals surface area contributed by atoms with Gasteiger partial charge in [-0.2, -0.15) is 0 Å². The number of carbonyl (C=O) groups is 1. The first kappa shape index (κ1) is 17.8. The number of aliphatic imine (C=N–C) groups is 1. The van der Waals surface area contributed by atoms with Gasteiger partial charge in [-0.25, -0.2) is 0 Å². The van der Waals surface area contributed by atoms with E-state index in [1.165, 1.54) is 16.9 Å². The summed E-state index contributed by atoms with van der Waals surface area (Å²) in [5.74, 6) is 1.55. The van der Waals surface area contributed by atoms with Crippen molar-refractivity contribution in [1.82, 2.24) is 15.5 Å². The molecule has 0 spiro atoms. The lowest BCUT2D eigenvalue weighted by Gasteiger charge is -2.27. The van der Waals surface area contributed by atoms with Crippen LogP contribution in [0.25, 0.3) is 0 Å². The van der Waals surface area contributed by atoms with Crippen LogP contribution < -0.4 is 10.6 Å². The maximum atomic E-state index is 12.4. The van der Waals surface area contributed by atoms with E-state index < -0.39 is 0 Å². The average molecular weight is 337 g/mol. The number of thiophene rings is 1. The molecule has 2 N–H and O–H groups in total. The Labute approximate surface area is 143 Å². The molecule has 2 heterocycles. The highest BCUT2D eigenvalue weighted by Crippen LogP contribution is 2.23. The summed E-state index contributed by atoms with van der Waals surface area (Å²) < 4.78 is 0. The Morgan fingerprint density at radius 1 is 1.43 bits per heavy atom. The van der Waals surface area contributed by atoms with Gasteiger partial charge in [0.25, 0.3) is 0 Å². The Morgan fingerprint density at radius 2 is 2.26 bits per heavy atom. The molecule has 0 radical (unpaired) electrons. The van der Waals surface area contributed by atoms with E-state index in [0.717, 1.165) is 38.4 Å². The van der Waals surface area contributed by atoms with Gasteiger partial charge < -0.3 is 15.5 Å². The quantitative estimate of drug-likeness (QED) is 0.476. The largest absolute Gasteiger partial charge is 0.356 e. The number of rotatable bonds is 6. The maximum Gasteiger partial charge on any atom is 0.242 e. The summed E-state index contributed by atoms with van der Waals surface area (Å²) in [5.41, 5.74) is 1.30. The van der Waals surface area contributed by atoms with Crippen LogP contribution in [-0.4, -0.2) is 43.4 Å². The summed E-state index contributed by atoms with van der Waals surface area (Å²) in [5, 5.41) is 8.50. The minimum absolute atomic E-state index is 0.131. The Hall–Kier alpha value is -1.56. The third-order valence-corrected chi connectivity index (χ3v) is 5.06. The van der Waals surface area contributed by atoms with Crippen LogP contribution in [0.2, 0.25) is 0 Å². The molecule has 0 aliphatic carbocycles. The van der Waals surface area contributed by atoms with Crippen LogP contribution in [0.3, 0.4) is 0 Å². The number of hydrogen-bond donors (Lipinski definition) is 2. The van der Waals surface area contributed by atoms with Crippen molar-refractivity contribution in [3.05, 3.63) is 21.9 Å². The SMILES string of the molecule is CN=C(NCCCC(C)C)NCC(=O)N1CCc2sccc2C1. The molecule has 0 aromatic carbocycles. The number of amides is 1. The molecule has 23 heavy (non-hydrogen) atoms. The van der Waals surface area contributed by atoms with E-state index in [4.69, 9.17) is 0 Å². The highest BCUT2D eigenvalue weighted by atomic mass is 32.1. The molecule has 6 heteroatoms. The third-order valence-electron chi connectivity index (χ3n) is 4.04. The highest BCUT2D eigenvalue weighted by Gasteiger charge is 2.21. The molecule has 128 valence electrons. The molecule has 1 aromatic rings. The number of hydrogen-bond acceptors (Lipinski definition) is 3. The average Bonchev–Trinajstić information content (AvgIpc) is 3.01. The van der Waals surface area contributed by atoms with Gasteiger partial charge in [0.15, 0.2) is 5.96 Å². The van der Waals surface area contributed by atoms with E-state index in [-0.39, 0.29) is 5.91 Å². The lowest BCUT2D eigenvalue weighted by molar-refractivity contribution is -0.130. The first-order valence-electron chi connectivity index (χ1n) is 8.37. The summed E-state index contributed by atoms with van der Waals surface area (Å²) in [6, 6.07) is 2.13. The second-order valence-corrected chi connectivity index (χ2v) is 7.32. The van der Waals surface area contributed by atoms with Gasteiger partial charge in [0.05, 0.1) is 6.54 Å². The molecule has 0 bridgehead atoms. The zero-order valence-electron chi connectivity index (χ0n) is 14.4. The molecule has 0 saturated heterocycles. The Balaban J connectivity index is 1.71. The summed E-state index contributed by atoms with van der Waals surface area (Å²) in [7, 11) is 1.74. The van der Waals surface area contributed by atoms with E-state index in [1.54, 1.807) is 18.4 Å². The molecule has 1 aliphatic rings. The number of nitrogens with one attached hydrogen (secondary N) is 2. The minimum atomic E-state index is 0.131. The molecule has 0 fully saturated rings. The number of guanidine groups is 1. The van der Waals surface area contributed by atoms with Crippen LogP contribution in [-0.2, 0) is 17.8 Å². The van der Waals surface area contributed by atoms with Crippen molar-refractivity contribution in [1.29, 1.82) is 0 Å². The molecule has 1 aliphatic heterocycles. The van der Waals surface area contributed by atoms with Gasteiger partial charge in [0, 0.05) is 31.6 Å². The van der Waals surface area contributed by atoms with Crippen molar-refractivity contribution < 1.29 is 4.79 Å². The molecule has 1 aromatic heterocycles. The highest BCUT2D eigenvalue weighted by molar-refractivity contribution is 7.10. The summed E-state index contributed by atoms with van der Waals surface area (Å²) in [4.78, 5) is 19.9. The zero-order chi connectivity index (χ0) is 16.7. The molecule has 0 atom stereocenters. The molecule has 0 unspecified atom stereocenters. The minimum Gasteiger partial charge on any atom is -0.356 e. The lowest BCUT2D eigenvalue weighted by atomic mass is 10.1. The van der Waals surface area contributed by atoms with Crippen molar-refractivity contribution in [2.75, 3.05) is 26.7 Å². The number of nitrogens with zero attached hydrogens (tertiary/aromatic N) is 2. The Kier molecular flexibility index (Phi) is 6.89. The standard InChI is InChI=1S/C17H28N4OS/c1-13(2)5-4-8-19-17(18-3)20-11-16(22)21-9-6-15-14(12-21)7-10-23-15/h7,10,13H,4-6,8-9,11-12H2,1-3H3,(H2,18,19,20). The topological polar surface area (TPSA) is 56.7 Å². The molecule has 1 amide bonds. The van der Waals surface area contributed by atoms with Gasteiger partial charge in [-0.3, -0.25) is 9.79 Å². The van der Waals surface area contributed by atoms with Gasteiger partial charge in [0.2, 0.25) is 5.91 Å². The van der Waals surface area contributed by atoms with Crippen molar-refractivity contribution in [2.24, 2.45) is 10.9 Å². The molecule has 5 nitrogen and oxygen atoms in total. The van der Waals surface area contributed by atoms with E-state index in [1.807, 2.05) is 4.90 Å². The van der Waals surface area contributed by atoms with Crippen molar-refractivity contribution in [2.45, 2.75) is 39.7 Å². The fourth-order valence-corrected chi connectivity index (χ4v) is 3.56. The third kappa shape index (κ3) is 5.53. The van der Waals surface area contributed by atoms with E-state index >= 15 is 0 Å². The van der Waals surface area contributed by atoms with Crippen LogP contribution in [0.1, 0.15) is 37.1 Å². The monoisotopic (exact) mass is 336 g/mol. The van der Waals surface area contributed by atoms with E-state index in [0.29, 0.717) is 12.5 Å². The second-order valence-electron chi connectivity index (χ2n) is 6.32.